The number of hydrogen-bond acceptors (Lipinski definition) is 2. The number of halogens is 1. The van der Waals surface area contributed by atoms with E-state index in [1.807, 2.05) is 31.2 Å². The molecule has 3 nitrogen and oxygen atoms in total. The maximum Gasteiger partial charge on any atom is 0.410 e. The lowest BCUT2D eigenvalue weighted by Gasteiger charge is -2.19. The zero-order valence-corrected chi connectivity index (χ0v) is 11.4. The summed E-state index contributed by atoms with van der Waals surface area (Å²) in [4.78, 5) is 13.6. The minimum absolute atomic E-state index is 0.196. The van der Waals surface area contributed by atoms with Crippen LogP contribution in [-0.2, 0) is 4.74 Å². The van der Waals surface area contributed by atoms with Gasteiger partial charge in [-0.05, 0) is 37.5 Å². The molecule has 1 aromatic rings. The summed E-state index contributed by atoms with van der Waals surface area (Å²) in [5.74, 6) is 0. The first-order chi connectivity index (χ1) is 8.16. The molecule has 0 radical (unpaired) electrons. The highest BCUT2D eigenvalue weighted by Gasteiger charge is 2.21. The minimum Gasteiger partial charge on any atom is -0.442 e. The number of benzene rings is 1. The number of carbonyl (C=O) groups excluding carboxylic acids is 1. The number of ether oxygens (including phenoxy) is 1. The molecule has 92 valence electrons. The maximum atomic E-state index is 11.8. The molecule has 1 atom stereocenters. The fraction of sp³-hybridized carbons (Fsp3) is 0.462. The fourth-order valence-electron chi connectivity index (χ4n) is 1.93. The van der Waals surface area contributed by atoms with Gasteiger partial charge < -0.3 is 9.64 Å². The highest BCUT2D eigenvalue weighted by atomic mass is 79.9. The van der Waals surface area contributed by atoms with Crippen LogP contribution in [0.4, 0.5) is 4.79 Å². The van der Waals surface area contributed by atoms with E-state index in [1.165, 1.54) is 0 Å². The number of rotatable bonds is 2. The van der Waals surface area contributed by atoms with Crippen LogP contribution < -0.4 is 0 Å². The van der Waals surface area contributed by atoms with Crippen molar-refractivity contribution in [3.63, 3.8) is 0 Å². The zero-order chi connectivity index (χ0) is 12.3. The van der Waals surface area contributed by atoms with Gasteiger partial charge in [-0.25, -0.2) is 4.79 Å². The molecule has 0 bridgehead atoms. The molecule has 1 aliphatic heterocycles. The highest BCUT2D eigenvalue weighted by Crippen LogP contribution is 2.21. The van der Waals surface area contributed by atoms with E-state index in [4.69, 9.17) is 4.74 Å². The van der Waals surface area contributed by atoms with Crippen molar-refractivity contribution in [2.24, 2.45) is 0 Å². The topological polar surface area (TPSA) is 29.5 Å². The molecule has 2 rings (SSSR count). The molecule has 0 aliphatic carbocycles. The van der Waals surface area contributed by atoms with Crippen LogP contribution in [0.3, 0.4) is 0 Å². The van der Waals surface area contributed by atoms with Crippen LogP contribution in [-0.4, -0.2) is 24.1 Å². The Hall–Kier alpha value is -1.03. The zero-order valence-electron chi connectivity index (χ0n) is 9.86. The molecule has 1 fully saturated rings. The lowest BCUT2D eigenvalue weighted by Crippen LogP contribution is -2.29. The maximum absolute atomic E-state index is 11.8. The second-order valence-corrected chi connectivity index (χ2v) is 5.19. The van der Waals surface area contributed by atoms with E-state index in [9.17, 15) is 4.79 Å². The van der Waals surface area contributed by atoms with Crippen LogP contribution in [0.25, 0.3) is 0 Å². The van der Waals surface area contributed by atoms with E-state index >= 15 is 0 Å². The van der Waals surface area contributed by atoms with E-state index in [1.54, 1.807) is 4.90 Å². The van der Waals surface area contributed by atoms with Gasteiger partial charge in [0.2, 0.25) is 0 Å². The first-order valence-electron chi connectivity index (χ1n) is 5.88. The number of nitrogens with zero attached hydrogens (tertiary/aromatic N) is 1. The smallest absolute Gasteiger partial charge is 0.410 e. The molecule has 0 N–H and O–H groups in total. The van der Waals surface area contributed by atoms with Crippen molar-refractivity contribution in [3.8, 4) is 0 Å². The van der Waals surface area contributed by atoms with E-state index in [0.717, 1.165) is 36.0 Å². The van der Waals surface area contributed by atoms with Crippen molar-refractivity contribution in [1.82, 2.24) is 4.90 Å². The van der Waals surface area contributed by atoms with Crippen LogP contribution in [0.5, 0.6) is 0 Å². The summed E-state index contributed by atoms with van der Waals surface area (Å²) in [7, 11) is 0. The third kappa shape index (κ3) is 3.22. The molecule has 17 heavy (non-hydrogen) atoms. The Bertz CT molecular complexity index is 385. The van der Waals surface area contributed by atoms with Crippen molar-refractivity contribution in [2.45, 2.75) is 25.9 Å². The summed E-state index contributed by atoms with van der Waals surface area (Å²) in [6.45, 7) is 3.55. The van der Waals surface area contributed by atoms with Crippen LogP contribution in [0, 0.1) is 0 Å². The average Bonchev–Trinajstić information content (AvgIpc) is 2.83. The van der Waals surface area contributed by atoms with Gasteiger partial charge in [-0.15, -0.1) is 0 Å². The van der Waals surface area contributed by atoms with Gasteiger partial charge in [-0.2, -0.15) is 0 Å². The molecule has 1 aliphatic rings. The Kier molecular flexibility index (Phi) is 4.05. The van der Waals surface area contributed by atoms with Crippen LogP contribution in [0.1, 0.15) is 31.4 Å². The largest absolute Gasteiger partial charge is 0.442 e. The van der Waals surface area contributed by atoms with Crippen LogP contribution in [0.15, 0.2) is 28.7 Å². The van der Waals surface area contributed by atoms with Gasteiger partial charge >= 0.3 is 6.09 Å². The second kappa shape index (κ2) is 5.54. The van der Waals surface area contributed by atoms with Crippen molar-refractivity contribution in [2.75, 3.05) is 13.1 Å². The van der Waals surface area contributed by atoms with E-state index in [-0.39, 0.29) is 12.2 Å². The van der Waals surface area contributed by atoms with Gasteiger partial charge in [0.1, 0.15) is 6.10 Å². The lowest BCUT2D eigenvalue weighted by molar-refractivity contribution is 0.0761. The molecule has 0 aromatic heterocycles. The van der Waals surface area contributed by atoms with Gasteiger partial charge in [0.25, 0.3) is 0 Å². The Morgan fingerprint density at radius 1 is 1.29 bits per heavy atom. The molecule has 1 unspecified atom stereocenters. The van der Waals surface area contributed by atoms with Crippen LogP contribution in [0.2, 0.25) is 0 Å². The Balaban J connectivity index is 1.93. The van der Waals surface area contributed by atoms with E-state index in [2.05, 4.69) is 15.9 Å². The Morgan fingerprint density at radius 2 is 1.88 bits per heavy atom. The monoisotopic (exact) mass is 297 g/mol. The molecular formula is C13H16BrNO2. The SMILES string of the molecule is CC(OC(=O)N1CCCC1)c1ccc(Br)cc1. The number of hydrogen-bond donors (Lipinski definition) is 0. The predicted molar refractivity (Wildman–Crippen MR) is 69.8 cm³/mol. The Morgan fingerprint density at radius 3 is 2.47 bits per heavy atom. The van der Waals surface area contributed by atoms with E-state index < -0.39 is 0 Å². The quantitative estimate of drug-likeness (QED) is 0.832. The van der Waals surface area contributed by atoms with Crippen molar-refractivity contribution >= 4 is 22.0 Å². The summed E-state index contributed by atoms with van der Waals surface area (Å²) in [5, 5.41) is 0. The normalized spacial score (nSPS) is 16.9. The highest BCUT2D eigenvalue weighted by molar-refractivity contribution is 9.10. The lowest BCUT2D eigenvalue weighted by atomic mass is 10.1. The molecule has 1 heterocycles. The summed E-state index contributed by atoms with van der Waals surface area (Å²) < 4.78 is 6.46. The minimum atomic E-state index is -0.198. The van der Waals surface area contributed by atoms with Gasteiger partial charge in [0.05, 0.1) is 0 Å². The first kappa shape index (κ1) is 12.4. The van der Waals surface area contributed by atoms with Gasteiger partial charge in [-0.1, -0.05) is 28.1 Å². The fourth-order valence-corrected chi connectivity index (χ4v) is 2.19. The van der Waals surface area contributed by atoms with Gasteiger partial charge in [0, 0.05) is 17.6 Å². The Labute approximate surface area is 110 Å². The molecule has 0 saturated carbocycles. The van der Waals surface area contributed by atoms with Crippen LogP contribution >= 0.6 is 15.9 Å². The van der Waals surface area contributed by atoms with Crippen molar-refractivity contribution in [1.29, 1.82) is 0 Å². The molecule has 1 amide bonds. The van der Waals surface area contributed by atoms with Crippen molar-refractivity contribution < 1.29 is 9.53 Å². The van der Waals surface area contributed by atoms with E-state index in [0.29, 0.717) is 0 Å². The summed E-state index contributed by atoms with van der Waals surface area (Å²) in [6.07, 6.45) is 1.78. The summed E-state index contributed by atoms with van der Waals surface area (Å²) in [6, 6.07) is 7.84. The number of likely N-dealkylation sites (tertiary alicyclic amines) is 1. The number of carbonyl (C=O) groups is 1. The van der Waals surface area contributed by atoms with Gasteiger partial charge in [-0.3, -0.25) is 0 Å². The third-order valence-electron chi connectivity index (χ3n) is 2.98. The van der Waals surface area contributed by atoms with Crippen molar-refractivity contribution in [3.05, 3.63) is 34.3 Å². The van der Waals surface area contributed by atoms with Gasteiger partial charge in [0.15, 0.2) is 0 Å². The molecule has 1 aromatic carbocycles. The first-order valence-corrected chi connectivity index (χ1v) is 6.67. The second-order valence-electron chi connectivity index (χ2n) is 4.27. The number of amides is 1. The molecule has 0 spiro atoms. The predicted octanol–water partition coefficient (Wildman–Crippen LogP) is 3.74. The molecular weight excluding hydrogens is 282 g/mol. The average molecular weight is 298 g/mol. The third-order valence-corrected chi connectivity index (χ3v) is 3.51. The summed E-state index contributed by atoms with van der Waals surface area (Å²) in [5.41, 5.74) is 1.01. The molecule has 1 saturated heterocycles. The standard InChI is InChI=1S/C13H16BrNO2/c1-10(11-4-6-12(14)7-5-11)17-13(16)15-8-2-3-9-15/h4-7,10H,2-3,8-9H2,1H3. The molecule has 4 heteroatoms. The summed E-state index contributed by atoms with van der Waals surface area (Å²) >= 11 is 3.38.